The zero-order chi connectivity index (χ0) is 23.2. The number of hydrogen-bond acceptors (Lipinski definition) is 6. The maximum atomic E-state index is 12.1. The first-order chi connectivity index (χ1) is 15.9. The number of amides is 1. The third-order valence-electron chi connectivity index (χ3n) is 6.12. The highest BCUT2D eigenvalue weighted by Crippen LogP contribution is 2.47. The molecule has 6 nitrogen and oxygen atoms in total. The fourth-order valence-electron chi connectivity index (χ4n) is 4.21. The van der Waals surface area contributed by atoms with E-state index < -0.39 is 11.5 Å². The molecule has 2 atom stereocenters. The molecule has 1 saturated carbocycles. The summed E-state index contributed by atoms with van der Waals surface area (Å²) in [6.45, 7) is 1.73. The van der Waals surface area contributed by atoms with Crippen molar-refractivity contribution in [2.24, 2.45) is 16.8 Å². The second-order valence-corrected chi connectivity index (χ2v) is 10.1. The van der Waals surface area contributed by atoms with Crippen molar-refractivity contribution in [3.05, 3.63) is 75.6 Å². The Morgan fingerprint density at radius 2 is 2.03 bits per heavy atom. The fourth-order valence-corrected chi connectivity index (χ4v) is 5.25. The van der Waals surface area contributed by atoms with Crippen LogP contribution < -0.4 is 10.5 Å². The minimum absolute atomic E-state index is 0.0511. The molecular formula is C25H23ClN2O4S. The molecule has 1 aliphatic carbocycles. The lowest BCUT2D eigenvalue weighted by Gasteiger charge is -2.40. The molecule has 0 saturated heterocycles. The summed E-state index contributed by atoms with van der Waals surface area (Å²) in [5, 5.41) is 14.4. The molecule has 0 spiro atoms. The van der Waals surface area contributed by atoms with E-state index in [0.717, 1.165) is 34.6 Å². The molecule has 8 heteroatoms. The monoisotopic (exact) mass is 482 g/mol. The first kappa shape index (κ1) is 21.9. The second-order valence-electron chi connectivity index (χ2n) is 8.42. The van der Waals surface area contributed by atoms with Crippen LogP contribution in [0.25, 0.3) is 10.4 Å². The number of rotatable bonds is 7. The summed E-state index contributed by atoms with van der Waals surface area (Å²) in [5.41, 5.74) is 7.54. The molecule has 2 unspecified atom stereocenters. The van der Waals surface area contributed by atoms with Gasteiger partial charge >= 0.3 is 0 Å². The number of fused-ring (bicyclic) bond motifs is 1. The third kappa shape index (κ3) is 3.90. The van der Waals surface area contributed by atoms with Gasteiger partial charge in [0.25, 0.3) is 5.91 Å². The minimum Gasteiger partial charge on any atom is -0.490 e. The Balaban J connectivity index is 1.69. The van der Waals surface area contributed by atoms with Crippen LogP contribution in [-0.2, 0) is 15.2 Å². The molecule has 1 aromatic heterocycles. The largest absolute Gasteiger partial charge is 0.490 e. The molecule has 2 aromatic carbocycles. The fraction of sp³-hybridized carbons (Fsp3) is 0.280. The molecular weight excluding hydrogens is 460 g/mol. The number of aliphatic hydroxyl groups is 1. The van der Waals surface area contributed by atoms with Crippen molar-refractivity contribution in [2.45, 2.75) is 31.5 Å². The van der Waals surface area contributed by atoms with Gasteiger partial charge in [0.1, 0.15) is 5.75 Å². The molecule has 5 rings (SSSR count). The van der Waals surface area contributed by atoms with Crippen LogP contribution in [0.1, 0.15) is 36.5 Å². The Kier molecular flexibility index (Phi) is 5.64. The zero-order valence-corrected chi connectivity index (χ0v) is 19.5. The maximum absolute atomic E-state index is 12.1. The van der Waals surface area contributed by atoms with Crippen LogP contribution in [0.2, 0.25) is 4.34 Å². The average molecular weight is 483 g/mol. The molecule has 0 radical (unpaired) electrons. The Labute approximate surface area is 200 Å². The van der Waals surface area contributed by atoms with E-state index in [9.17, 15) is 9.90 Å². The predicted octanol–water partition coefficient (Wildman–Crippen LogP) is 4.70. The summed E-state index contributed by atoms with van der Waals surface area (Å²) in [5.74, 6) is -0.277. The van der Waals surface area contributed by atoms with Crippen molar-refractivity contribution in [1.82, 2.24) is 0 Å². The Morgan fingerprint density at radius 1 is 1.27 bits per heavy atom. The lowest BCUT2D eigenvalue weighted by Crippen LogP contribution is -2.44. The number of primary amides is 1. The normalized spacial score (nSPS) is 20.4. The molecule has 170 valence electrons. The van der Waals surface area contributed by atoms with Crippen molar-refractivity contribution in [3.63, 3.8) is 0 Å². The van der Waals surface area contributed by atoms with Gasteiger partial charge in [0, 0.05) is 27.5 Å². The van der Waals surface area contributed by atoms with Crippen LogP contribution in [0.5, 0.6) is 5.75 Å². The van der Waals surface area contributed by atoms with E-state index in [-0.39, 0.29) is 24.3 Å². The van der Waals surface area contributed by atoms with Gasteiger partial charge < -0.3 is 20.4 Å². The number of nitrogens with zero attached hydrogens (tertiary/aromatic N) is 1. The highest BCUT2D eigenvalue weighted by atomic mass is 35.5. The summed E-state index contributed by atoms with van der Waals surface area (Å²) in [6.07, 6.45) is 2.43. The first-order valence-corrected chi connectivity index (χ1v) is 12.0. The standard InChI is InChI=1S/C25H23ClN2O4S/c1-14(13-29)25(16-3-5-17(6-4-16)31-18-7-8-18)20-12-15(21-10-11-22(26)33-21)2-9-19(20)23(24(27)30)28-32-25/h2-6,9-12,14,18,29H,7-8,13H2,1H3,(H2,27,30). The number of halogens is 1. The van der Waals surface area contributed by atoms with E-state index in [1.165, 1.54) is 11.3 Å². The van der Waals surface area contributed by atoms with Crippen molar-refractivity contribution in [3.8, 4) is 16.2 Å². The number of oxime groups is 1. The van der Waals surface area contributed by atoms with E-state index in [1.807, 2.05) is 61.5 Å². The van der Waals surface area contributed by atoms with Gasteiger partial charge in [0.2, 0.25) is 0 Å². The van der Waals surface area contributed by atoms with Gasteiger partial charge in [0.15, 0.2) is 11.3 Å². The third-order valence-corrected chi connectivity index (χ3v) is 7.41. The topological polar surface area (TPSA) is 94.1 Å². The van der Waals surface area contributed by atoms with E-state index in [0.29, 0.717) is 15.5 Å². The predicted molar refractivity (Wildman–Crippen MR) is 129 cm³/mol. The number of carbonyl (C=O) groups is 1. The maximum Gasteiger partial charge on any atom is 0.271 e. The van der Waals surface area contributed by atoms with Crippen LogP contribution in [0.4, 0.5) is 0 Å². The van der Waals surface area contributed by atoms with E-state index >= 15 is 0 Å². The van der Waals surface area contributed by atoms with Crippen molar-refractivity contribution in [2.75, 3.05) is 6.61 Å². The number of nitrogens with two attached hydrogens (primary N) is 1. The van der Waals surface area contributed by atoms with E-state index in [4.69, 9.17) is 26.9 Å². The van der Waals surface area contributed by atoms with Crippen LogP contribution in [0.15, 0.2) is 59.8 Å². The molecule has 3 N–H and O–H groups in total. The smallest absolute Gasteiger partial charge is 0.271 e. The summed E-state index contributed by atoms with van der Waals surface area (Å²) >= 11 is 7.63. The molecule has 0 bridgehead atoms. The minimum atomic E-state index is -1.13. The molecule has 1 aliphatic heterocycles. The van der Waals surface area contributed by atoms with Gasteiger partial charge in [0.05, 0.1) is 17.0 Å². The van der Waals surface area contributed by atoms with Crippen LogP contribution in [0, 0.1) is 5.92 Å². The number of benzene rings is 2. The van der Waals surface area contributed by atoms with Crippen LogP contribution in [-0.4, -0.2) is 29.4 Å². The molecule has 1 amide bonds. The number of thiophene rings is 1. The van der Waals surface area contributed by atoms with Crippen LogP contribution in [0.3, 0.4) is 0 Å². The van der Waals surface area contributed by atoms with E-state index in [1.54, 1.807) is 0 Å². The van der Waals surface area contributed by atoms with Crippen molar-refractivity contribution < 1.29 is 19.5 Å². The van der Waals surface area contributed by atoms with E-state index in [2.05, 4.69) is 5.16 Å². The average Bonchev–Trinajstić information content (AvgIpc) is 3.54. The number of aliphatic hydroxyl groups excluding tert-OH is 1. The van der Waals surface area contributed by atoms with Gasteiger partial charge in [-0.1, -0.05) is 47.9 Å². The van der Waals surface area contributed by atoms with Gasteiger partial charge in [-0.15, -0.1) is 11.3 Å². The number of carbonyl (C=O) groups excluding carboxylic acids is 1. The molecule has 33 heavy (non-hydrogen) atoms. The first-order valence-electron chi connectivity index (χ1n) is 10.8. The Bertz CT molecular complexity index is 1240. The quantitative estimate of drug-likeness (QED) is 0.510. The van der Waals surface area contributed by atoms with Gasteiger partial charge in [-0.05, 0) is 48.7 Å². The SMILES string of the molecule is CC(CO)C1(c2ccc(OC3CC3)cc2)ON=C(C(N)=O)c2ccc(-c3ccc(Cl)s3)cc21. The second kappa shape index (κ2) is 8.48. The summed E-state index contributed by atoms with van der Waals surface area (Å²) in [4.78, 5) is 19.2. The van der Waals surface area contributed by atoms with Gasteiger partial charge in [-0.25, -0.2) is 0 Å². The Morgan fingerprint density at radius 3 is 2.64 bits per heavy atom. The highest BCUT2D eigenvalue weighted by molar-refractivity contribution is 7.19. The molecule has 2 heterocycles. The zero-order valence-electron chi connectivity index (χ0n) is 18.0. The van der Waals surface area contributed by atoms with Crippen LogP contribution >= 0.6 is 22.9 Å². The molecule has 1 fully saturated rings. The summed E-state index contributed by atoms with van der Waals surface area (Å²) in [7, 11) is 0. The molecule has 3 aromatic rings. The summed E-state index contributed by atoms with van der Waals surface area (Å²) in [6, 6.07) is 17.1. The van der Waals surface area contributed by atoms with Crippen molar-refractivity contribution in [1.29, 1.82) is 0 Å². The molecule has 2 aliphatic rings. The van der Waals surface area contributed by atoms with Crippen molar-refractivity contribution >= 4 is 34.6 Å². The highest BCUT2D eigenvalue weighted by Gasteiger charge is 2.48. The lowest BCUT2D eigenvalue weighted by molar-refractivity contribution is -0.113. The summed E-state index contributed by atoms with van der Waals surface area (Å²) < 4.78 is 6.57. The Hall–Kier alpha value is -2.87. The number of hydrogen-bond donors (Lipinski definition) is 2. The number of ether oxygens (including phenoxy) is 1. The van der Waals surface area contributed by atoms with Gasteiger partial charge in [-0.3, -0.25) is 4.79 Å². The lowest BCUT2D eigenvalue weighted by atomic mass is 9.73. The van der Waals surface area contributed by atoms with Gasteiger partial charge in [-0.2, -0.15) is 0 Å².